The molecule has 1 heterocycles. The maximum atomic E-state index is 4.05. The minimum absolute atomic E-state index is 0.00533. The average Bonchev–Trinajstić information content (AvgIpc) is 2.37. The first-order valence-corrected chi connectivity index (χ1v) is 6.03. The molecule has 0 unspecified atom stereocenters. The van der Waals surface area contributed by atoms with Crippen LogP contribution in [-0.2, 0) is 0 Å². The molecule has 0 saturated carbocycles. The van der Waals surface area contributed by atoms with Crippen LogP contribution in [-0.4, -0.2) is 29.9 Å². The SMILES string of the molecule is C[P@](CC1=N[C]N=C1)C(C)(C)C. The van der Waals surface area contributed by atoms with Gasteiger partial charge in [0.25, 0.3) is 0 Å². The Bertz CT molecular complexity index is 213. The summed E-state index contributed by atoms with van der Waals surface area (Å²) in [5.74, 6) is 0. The summed E-state index contributed by atoms with van der Waals surface area (Å²) in [5, 5.41) is 0.411. The van der Waals surface area contributed by atoms with E-state index in [1.165, 1.54) is 0 Å². The van der Waals surface area contributed by atoms with Crippen molar-refractivity contribution in [1.82, 2.24) is 0 Å². The van der Waals surface area contributed by atoms with Gasteiger partial charge in [0.1, 0.15) is 0 Å². The van der Waals surface area contributed by atoms with E-state index in [-0.39, 0.29) is 7.92 Å². The number of hydrogen-bond acceptors (Lipinski definition) is 2. The van der Waals surface area contributed by atoms with Crippen LogP contribution in [0.3, 0.4) is 0 Å². The minimum atomic E-state index is 0.00533. The molecule has 3 heteroatoms. The molecule has 0 aliphatic carbocycles. The van der Waals surface area contributed by atoms with Crippen LogP contribution in [0.4, 0.5) is 0 Å². The van der Waals surface area contributed by atoms with Crippen LogP contribution in [0.2, 0.25) is 0 Å². The van der Waals surface area contributed by atoms with Crippen LogP contribution in [0.15, 0.2) is 9.98 Å². The third-order valence-electron chi connectivity index (χ3n) is 2.01. The number of hydrogen-bond donors (Lipinski definition) is 0. The van der Waals surface area contributed by atoms with E-state index in [0.29, 0.717) is 5.16 Å². The van der Waals surface area contributed by atoms with Gasteiger partial charge < -0.3 is 0 Å². The smallest absolute Gasteiger partial charge is 0.250 e. The summed E-state index contributed by atoms with van der Waals surface area (Å²) in [4.78, 5) is 7.88. The predicted octanol–water partition coefficient (Wildman–Crippen LogP) is 2.42. The summed E-state index contributed by atoms with van der Waals surface area (Å²) in [5.41, 5.74) is 1.08. The Hall–Kier alpha value is -0.230. The van der Waals surface area contributed by atoms with E-state index in [0.717, 1.165) is 11.9 Å². The topological polar surface area (TPSA) is 24.7 Å². The molecular formula is C9H15N2P. The van der Waals surface area contributed by atoms with Gasteiger partial charge in [-0.05, 0) is 11.8 Å². The van der Waals surface area contributed by atoms with Crippen LogP contribution in [0.25, 0.3) is 0 Å². The summed E-state index contributed by atoms with van der Waals surface area (Å²) in [7, 11) is 0.00533. The second-order valence-electron chi connectivity index (χ2n) is 3.99. The molecule has 1 atom stereocenters. The fraction of sp³-hybridized carbons (Fsp3) is 0.667. The molecule has 0 fully saturated rings. The fourth-order valence-corrected chi connectivity index (χ4v) is 1.89. The molecule has 1 aliphatic heterocycles. The van der Waals surface area contributed by atoms with Gasteiger partial charge in [-0.15, -0.1) is 0 Å². The standard InChI is InChI=1S/C9H15N2P/c1-9(2,3)12(4)6-8-5-10-7-11-8/h5H,6H2,1-4H3/t12-/m1/s1. The van der Waals surface area contributed by atoms with Crippen molar-refractivity contribution in [2.24, 2.45) is 9.98 Å². The van der Waals surface area contributed by atoms with Crippen LogP contribution >= 0.6 is 7.92 Å². The van der Waals surface area contributed by atoms with Gasteiger partial charge in [-0.2, -0.15) is 0 Å². The van der Waals surface area contributed by atoms with Gasteiger partial charge in [-0.25, -0.2) is 4.99 Å². The van der Waals surface area contributed by atoms with E-state index in [1.54, 1.807) is 0 Å². The Balaban J connectivity index is 2.46. The van der Waals surface area contributed by atoms with Crippen molar-refractivity contribution in [2.75, 3.05) is 12.8 Å². The molecule has 0 aromatic rings. The molecule has 0 saturated heterocycles. The summed E-state index contributed by atoms with van der Waals surface area (Å²) in [6.45, 7) is 11.7. The second kappa shape index (κ2) is 3.66. The van der Waals surface area contributed by atoms with Crippen molar-refractivity contribution in [2.45, 2.75) is 25.9 Å². The van der Waals surface area contributed by atoms with Gasteiger partial charge in [0.2, 0.25) is 6.67 Å². The molecule has 0 aromatic heterocycles. The number of nitrogens with zero attached hydrogens (tertiary/aromatic N) is 2. The Labute approximate surface area is 75.9 Å². The molecule has 2 nitrogen and oxygen atoms in total. The van der Waals surface area contributed by atoms with E-state index in [1.807, 2.05) is 6.21 Å². The predicted molar refractivity (Wildman–Crippen MR) is 56.6 cm³/mol. The Kier molecular flexibility index (Phi) is 3.00. The first-order valence-electron chi connectivity index (χ1n) is 4.06. The summed E-state index contributed by atoms with van der Waals surface area (Å²) in [6.07, 6.45) is 2.87. The van der Waals surface area contributed by atoms with Crippen LogP contribution in [0.5, 0.6) is 0 Å². The molecule has 0 N–H and O–H groups in total. The Morgan fingerprint density at radius 3 is 2.58 bits per heavy atom. The monoisotopic (exact) mass is 182 g/mol. The molecule has 0 aromatic carbocycles. The number of aliphatic imine (C=N–C) groups is 2. The summed E-state index contributed by atoms with van der Waals surface area (Å²) >= 11 is 0. The normalized spacial score (nSPS) is 19.5. The molecule has 12 heavy (non-hydrogen) atoms. The molecule has 0 bridgehead atoms. The van der Waals surface area contributed by atoms with Gasteiger partial charge in [-0.1, -0.05) is 28.7 Å². The van der Waals surface area contributed by atoms with Crippen molar-refractivity contribution in [1.29, 1.82) is 0 Å². The van der Waals surface area contributed by atoms with Gasteiger partial charge in [0.05, 0.1) is 5.71 Å². The lowest BCUT2D eigenvalue weighted by Crippen LogP contribution is -2.16. The van der Waals surface area contributed by atoms with E-state index >= 15 is 0 Å². The molecule has 66 valence electrons. The highest BCUT2D eigenvalue weighted by Gasteiger charge is 2.20. The van der Waals surface area contributed by atoms with Gasteiger partial charge in [0.15, 0.2) is 0 Å². The highest BCUT2D eigenvalue weighted by atomic mass is 31.1. The quantitative estimate of drug-likeness (QED) is 0.586. The fourth-order valence-electron chi connectivity index (χ4n) is 0.782. The Morgan fingerprint density at radius 2 is 2.17 bits per heavy atom. The van der Waals surface area contributed by atoms with Gasteiger partial charge in [0, 0.05) is 12.4 Å². The maximum absolute atomic E-state index is 4.05. The lowest BCUT2D eigenvalue weighted by Gasteiger charge is -2.27. The zero-order chi connectivity index (χ0) is 9.19. The molecule has 0 spiro atoms. The summed E-state index contributed by atoms with van der Waals surface area (Å²) in [6, 6.07) is 0. The molecule has 1 rings (SSSR count). The zero-order valence-electron chi connectivity index (χ0n) is 8.13. The first-order chi connectivity index (χ1) is 5.50. The molecule has 1 aliphatic rings. The lowest BCUT2D eigenvalue weighted by molar-refractivity contribution is 0.787. The van der Waals surface area contributed by atoms with Crippen molar-refractivity contribution in [3.8, 4) is 0 Å². The van der Waals surface area contributed by atoms with E-state index in [2.05, 4.69) is 44.1 Å². The lowest BCUT2D eigenvalue weighted by atomic mass is 10.3. The minimum Gasteiger partial charge on any atom is -0.252 e. The first kappa shape index (κ1) is 9.85. The second-order valence-corrected chi connectivity index (χ2v) is 7.04. The molecular weight excluding hydrogens is 167 g/mol. The third kappa shape index (κ3) is 2.67. The average molecular weight is 182 g/mol. The van der Waals surface area contributed by atoms with Crippen LogP contribution in [0.1, 0.15) is 20.8 Å². The van der Waals surface area contributed by atoms with Crippen molar-refractivity contribution in [3.05, 3.63) is 6.67 Å². The third-order valence-corrected chi connectivity index (χ3v) is 5.10. The molecule has 0 amide bonds. The summed E-state index contributed by atoms with van der Waals surface area (Å²) < 4.78 is 0. The van der Waals surface area contributed by atoms with Gasteiger partial charge in [-0.3, -0.25) is 4.99 Å². The largest absolute Gasteiger partial charge is 0.252 e. The number of rotatable bonds is 2. The van der Waals surface area contributed by atoms with E-state index in [4.69, 9.17) is 0 Å². The van der Waals surface area contributed by atoms with Crippen molar-refractivity contribution < 1.29 is 0 Å². The van der Waals surface area contributed by atoms with E-state index < -0.39 is 0 Å². The van der Waals surface area contributed by atoms with Crippen LogP contribution < -0.4 is 0 Å². The molecule has 2 radical (unpaired) electrons. The highest BCUT2D eigenvalue weighted by molar-refractivity contribution is 7.59. The Morgan fingerprint density at radius 1 is 1.50 bits per heavy atom. The van der Waals surface area contributed by atoms with Gasteiger partial charge >= 0.3 is 0 Å². The van der Waals surface area contributed by atoms with Crippen LogP contribution in [0, 0.1) is 6.67 Å². The maximum Gasteiger partial charge on any atom is 0.250 e. The highest BCUT2D eigenvalue weighted by Crippen LogP contribution is 2.45. The van der Waals surface area contributed by atoms with Crippen molar-refractivity contribution in [3.63, 3.8) is 0 Å². The van der Waals surface area contributed by atoms with E-state index in [9.17, 15) is 0 Å². The van der Waals surface area contributed by atoms with Crippen molar-refractivity contribution >= 4 is 19.8 Å². The zero-order valence-corrected chi connectivity index (χ0v) is 9.02.